The number of nitrogens with one attached hydrogen (secondary N) is 2. The minimum Gasteiger partial charge on any atom is -0.493 e. The van der Waals surface area contributed by atoms with Crippen molar-refractivity contribution in [2.45, 2.75) is 45.2 Å². The summed E-state index contributed by atoms with van der Waals surface area (Å²) in [6.07, 6.45) is 7.55. The standard InChI is InChI=1S/C20H28N4O2/c1-2-3-13-26-18-9-5-4-7-16(18)14-23-17-8-6-12-24(15-17)19-20(25)22-11-10-21-19/h4-5,7,9-11,17,23H,2-3,6,8,12-15H2,1H3,(H,22,25)/t17-/m1/s1. The third kappa shape index (κ3) is 4.85. The van der Waals surface area contributed by atoms with Gasteiger partial charge in [-0.25, -0.2) is 4.98 Å². The van der Waals surface area contributed by atoms with Crippen molar-refractivity contribution in [3.63, 3.8) is 0 Å². The molecule has 0 bridgehead atoms. The molecule has 0 amide bonds. The second-order valence-corrected chi connectivity index (χ2v) is 6.72. The first-order valence-corrected chi connectivity index (χ1v) is 9.50. The van der Waals surface area contributed by atoms with Gasteiger partial charge in [0.15, 0.2) is 5.82 Å². The molecule has 0 spiro atoms. The molecule has 1 aliphatic heterocycles. The maximum Gasteiger partial charge on any atom is 0.290 e. The van der Waals surface area contributed by atoms with Crippen LogP contribution in [0.15, 0.2) is 41.5 Å². The third-order valence-electron chi connectivity index (χ3n) is 4.72. The Bertz CT molecular complexity index is 746. The number of aromatic nitrogens is 2. The van der Waals surface area contributed by atoms with E-state index in [0.717, 1.165) is 57.7 Å². The average Bonchev–Trinajstić information content (AvgIpc) is 2.68. The number of anilines is 1. The molecule has 2 N–H and O–H groups in total. The van der Waals surface area contributed by atoms with Crippen LogP contribution >= 0.6 is 0 Å². The lowest BCUT2D eigenvalue weighted by atomic mass is 10.1. The Hall–Kier alpha value is -2.34. The first-order valence-electron chi connectivity index (χ1n) is 9.50. The van der Waals surface area contributed by atoms with Gasteiger partial charge in [-0.15, -0.1) is 0 Å². The van der Waals surface area contributed by atoms with Crippen LogP contribution in [-0.2, 0) is 6.54 Å². The number of nitrogens with zero attached hydrogens (tertiary/aromatic N) is 2. The highest BCUT2D eigenvalue weighted by molar-refractivity contribution is 5.36. The van der Waals surface area contributed by atoms with Crippen LogP contribution in [-0.4, -0.2) is 35.7 Å². The van der Waals surface area contributed by atoms with Crippen LogP contribution in [0.4, 0.5) is 5.82 Å². The zero-order chi connectivity index (χ0) is 18.2. The average molecular weight is 356 g/mol. The number of hydrogen-bond donors (Lipinski definition) is 2. The molecule has 0 saturated carbocycles. The number of para-hydroxylation sites is 1. The number of hydrogen-bond acceptors (Lipinski definition) is 5. The third-order valence-corrected chi connectivity index (χ3v) is 4.72. The molecule has 0 aliphatic carbocycles. The van der Waals surface area contributed by atoms with Crippen molar-refractivity contribution in [2.75, 3.05) is 24.6 Å². The number of rotatable bonds is 8. The summed E-state index contributed by atoms with van der Waals surface area (Å²) in [5, 5.41) is 3.63. The van der Waals surface area contributed by atoms with E-state index in [2.05, 4.69) is 33.2 Å². The fourth-order valence-corrected chi connectivity index (χ4v) is 3.28. The fraction of sp³-hybridized carbons (Fsp3) is 0.500. The van der Waals surface area contributed by atoms with E-state index >= 15 is 0 Å². The van der Waals surface area contributed by atoms with Crippen molar-refractivity contribution >= 4 is 5.82 Å². The van der Waals surface area contributed by atoms with Crippen LogP contribution in [0.25, 0.3) is 0 Å². The summed E-state index contributed by atoms with van der Waals surface area (Å²) in [6, 6.07) is 8.53. The second-order valence-electron chi connectivity index (χ2n) is 6.72. The Kier molecular flexibility index (Phi) is 6.66. The van der Waals surface area contributed by atoms with Crippen molar-refractivity contribution in [1.29, 1.82) is 0 Å². The summed E-state index contributed by atoms with van der Waals surface area (Å²) >= 11 is 0. The molecule has 2 heterocycles. The van der Waals surface area contributed by atoms with Gasteiger partial charge in [0.1, 0.15) is 5.75 Å². The molecule has 6 heteroatoms. The maximum atomic E-state index is 12.0. The van der Waals surface area contributed by atoms with Gasteiger partial charge >= 0.3 is 0 Å². The molecule has 1 saturated heterocycles. The van der Waals surface area contributed by atoms with E-state index in [9.17, 15) is 4.79 Å². The molecule has 1 aromatic heterocycles. The van der Waals surface area contributed by atoms with Gasteiger partial charge in [0.25, 0.3) is 5.56 Å². The monoisotopic (exact) mass is 356 g/mol. The van der Waals surface area contributed by atoms with Crippen molar-refractivity contribution in [3.8, 4) is 5.75 Å². The van der Waals surface area contributed by atoms with E-state index in [1.165, 1.54) is 5.56 Å². The van der Waals surface area contributed by atoms with Crippen LogP contribution in [0.5, 0.6) is 5.75 Å². The van der Waals surface area contributed by atoms with Gasteiger partial charge in [0.05, 0.1) is 6.61 Å². The molecule has 3 rings (SSSR count). The van der Waals surface area contributed by atoms with Gasteiger partial charge in [0.2, 0.25) is 0 Å². The van der Waals surface area contributed by atoms with Gasteiger partial charge < -0.3 is 19.9 Å². The van der Waals surface area contributed by atoms with Crippen LogP contribution in [0.1, 0.15) is 38.2 Å². The summed E-state index contributed by atoms with van der Waals surface area (Å²) in [6.45, 7) is 5.35. The molecule has 1 atom stereocenters. The Morgan fingerprint density at radius 2 is 2.27 bits per heavy atom. The van der Waals surface area contributed by atoms with Gasteiger partial charge in [-0.3, -0.25) is 4.79 Å². The molecular weight excluding hydrogens is 328 g/mol. The fourth-order valence-electron chi connectivity index (χ4n) is 3.28. The predicted molar refractivity (Wildman–Crippen MR) is 104 cm³/mol. The Morgan fingerprint density at radius 3 is 3.12 bits per heavy atom. The van der Waals surface area contributed by atoms with Crippen molar-refractivity contribution < 1.29 is 4.74 Å². The molecule has 6 nitrogen and oxygen atoms in total. The van der Waals surface area contributed by atoms with Gasteiger partial charge in [0, 0.05) is 43.6 Å². The van der Waals surface area contributed by atoms with Gasteiger partial charge in [-0.05, 0) is 25.3 Å². The minimum absolute atomic E-state index is 0.122. The Labute approximate surface area is 154 Å². The van der Waals surface area contributed by atoms with Crippen LogP contribution in [0, 0.1) is 0 Å². The largest absolute Gasteiger partial charge is 0.493 e. The lowest BCUT2D eigenvalue weighted by Crippen LogP contribution is -2.47. The molecular formula is C20H28N4O2. The second kappa shape index (κ2) is 9.38. The first kappa shape index (κ1) is 18.5. The summed E-state index contributed by atoms with van der Waals surface area (Å²) in [4.78, 5) is 21.0. The van der Waals surface area contributed by atoms with E-state index < -0.39 is 0 Å². The highest BCUT2D eigenvalue weighted by atomic mass is 16.5. The van der Waals surface area contributed by atoms with Crippen LogP contribution in [0.3, 0.4) is 0 Å². The summed E-state index contributed by atoms with van der Waals surface area (Å²) in [5.41, 5.74) is 1.05. The highest BCUT2D eigenvalue weighted by Crippen LogP contribution is 2.20. The molecule has 0 radical (unpaired) electrons. The SMILES string of the molecule is CCCCOc1ccccc1CN[C@@H]1CCCN(c2ncc[nH]c2=O)C1. The highest BCUT2D eigenvalue weighted by Gasteiger charge is 2.22. The number of aromatic amines is 1. The molecule has 26 heavy (non-hydrogen) atoms. The van der Waals surface area contributed by atoms with Gasteiger partial charge in [-0.2, -0.15) is 0 Å². The van der Waals surface area contributed by atoms with Crippen molar-refractivity contribution in [2.24, 2.45) is 0 Å². The van der Waals surface area contributed by atoms with Crippen molar-refractivity contribution in [1.82, 2.24) is 15.3 Å². The summed E-state index contributed by atoms with van der Waals surface area (Å²) < 4.78 is 5.92. The summed E-state index contributed by atoms with van der Waals surface area (Å²) in [5.74, 6) is 1.48. The minimum atomic E-state index is -0.122. The maximum absolute atomic E-state index is 12.0. The number of H-pyrrole nitrogens is 1. The Morgan fingerprint density at radius 1 is 1.38 bits per heavy atom. The zero-order valence-corrected chi connectivity index (χ0v) is 15.4. The zero-order valence-electron chi connectivity index (χ0n) is 15.4. The quantitative estimate of drug-likeness (QED) is 0.712. The van der Waals surface area contributed by atoms with E-state index in [4.69, 9.17) is 4.74 Å². The topological polar surface area (TPSA) is 70.2 Å². The molecule has 0 unspecified atom stereocenters. The molecule has 2 aromatic rings. The van der Waals surface area contributed by atoms with E-state index in [1.807, 2.05) is 18.2 Å². The lowest BCUT2D eigenvalue weighted by molar-refractivity contribution is 0.304. The normalized spacial score (nSPS) is 17.3. The number of benzene rings is 1. The van der Waals surface area contributed by atoms with Gasteiger partial charge in [-0.1, -0.05) is 31.5 Å². The molecule has 140 valence electrons. The van der Waals surface area contributed by atoms with E-state index in [1.54, 1.807) is 12.4 Å². The van der Waals surface area contributed by atoms with E-state index in [-0.39, 0.29) is 5.56 Å². The smallest absolute Gasteiger partial charge is 0.290 e. The molecule has 1 aromatic carbocycles. The number of unbranched alkanes of at least 4 members (excludes halogenated alkanes) is 1. The first-order chi connectivity index (χ1) is 12.8. The lowest BCUT2D eigenvalue weighted by Gasteiger charge is -2.33. The summed E-state index contributed by atoms with van der Waals surface area (Å²) in [7, 11) is 0. The van der Waals surface area contributed by atoms with Crippen LogP contribution in [0.2, 0.25) is 0 Å². The predicted octanol–water partition coefficient (Wildman–Crippen LogP) is 2.71. The van der Waals surface area contributed by atoms with Crippen molar-refractivity contribution in [3.05, 3.63) is 52.6 Å². The van der Waals surface area contributed by atoms with Crippen LogP contribution < -0.4 is 20.5 Å². The number of piperidine rings is 1. The number of ether oxygens (including phenoxy) is 1. The molecule has 1 fully saturated rings. The Balaban J connectivity index is 1.58. The molecule has 1 aliphatic rings. The van der Waals surface area contributed by atoms with E-state index in [0.29, 0.717) is 11.9 Å².